The van der Waals surface area contributed by atoms with Crippen molar-refractivity contribution >= 4 is 16.0 Å². The normalized spacial score (nSPS) is 16.2. The van der Waals surface area contributed by atoms with E-state index in [1.165, 1.54) is 11.4 Å². The van der Waals surface area contributed by atoms with Crippen LogP contribution in [0.5, 0.6) is 0 Å². The van der Waals surface area contributed by atoms with Crippen LogP contribution >= 0.6 is 0 Å². The fraction of sp³-hybridized carbons (Fsp3) is 0.467. The van der Waals surface area contributed by atoms with Crippen LogP contribution in [0, 0.1) is 0 Å². The molecule has 2 aromatic rings. The van der Waals surface area contributed by atoms with Crippen molar-refractivity contribution in [3.63, 3.8) is 0 Å². The number of benzene rings is 1. The number of nitrogens with zero attached hydrogens (tertiary/aromatic N) is 4. The van der Waals surface area contributed by atoms with Gasteiger partial charge in [0.15, 0.2) is 5.82 Å². The standard InChI is InChI=1S/C15H20N4O3S/c1-12(22-2)11-23(20,21)19-10-6-9-18-15(19)16-14(17-18)13-7-4-3-5-8-13/h3-5,7-8,12H,6,9-11H2,1-2H3. The SMILES string of the molecule is COC(C)CS(=O)(=O)N1CCCn2nc(-c3ccccc3)nc21. The van der Waals surface area contributed by atoms with E-state index in [2.05, 4.69) is 10.1 Å². The molecule has 1 unspecified atom stereocenters. The molecular formula is C15H20N4O3S. The molecule has 124 valence electrons. The monoisotopic (exact) mass is 336 g/mol. The van der Waals surface area contributed by atoms with Gasteiger partial charge in [0.05, 0.1) is 11.9 Å². The molecule has 3 rings (SSSR count). The lowest BCUT2D eigenvalue weighted by Crippen LogP contribution is -2.41. The van der Waals surface area contributed by atoms with Crippen LogP contribution in [-0.4, -0.2) is 48.7 Å². The van der Waals surface area contributed by atoms with Gasteiger partial charge in [0.2, 0.25) is 16.0 Å². The van der Waals surface area contributed by atoms with E-state index in [0.717, 1.165) is 5.56 Å². The van der Waals surface area contributed by atoms with Gasteiger partial charge in [-0.2, -0.15) is 4.98 Å². The zero-order chi connectivity index (χ0) is 16.4. The Morgan fingerprint density at radius 1 is 1.26 bits per heavy atom. The molecule has 0 amide bonds. The number of ether oxygens (including phenoxy) is 1. The third-order valence-corrected chi connectivity index (χ3v) is 5.73. The predicted molar refractivity (Wildman–Crippen MR) is 87.7 cm³/mol. The highest BCUT2D eigenvalue weighted by Crippen LogP contribution is 2.26. The van der Waals surface area contributed by atoms with E-state index >= 15 is 0 Å². The second-order valence-corrected chi connectivity index (χ2v) is 7.51. The minimum Gasteiger partial charge on any atom is -0.381 e. The highest BCUT2D eigenvalue weighted by atomic mass is 32.2. The Bertz CT molecular complexity index is 773. The lowest BCUT2D eigenvalue weighted by Gasteiger charge is -2.27. The van der Waals surface area contributed by atoms with E-state index in [1.54, 1.807) is 11.6 Å². The first-order valence-corrected chi connectivity index (χ1v) is 9.15. The lowest BCUT2D eigenvalue weighted by molar-refractivity contribution is 0.136. The number of sulfonamides is 1. The highest BCUT2D eigenvalue weighted by Gasteiger charge is 2.32. The summed E-state index contributed by atoms with van der Waals surface area (Å²) < 4.78 is 33.4. The number of aryl methyl sites for hydroxylation is 1. The summed E-state index contributed by atoms with van der Waals surface area (Å²) in [5.74, 6) is 0.859. The molecule has 1 aromatic heterocycles. The molecule has 23 heavy (non-hydrogen) atoms. The number of hydrogen-bond acceptors (Lipinski definition) is 5. The number of rotatable bonds is 5. The van der Waals surface area contributed by atoms with Crippen molar-refractivity contribution in [1.82, 2.24) is 14.8 Å². The third-order valence-electron chi connectivity index (χ3n) is 3.82. The fourth-order valence-electron chi connectivity index (χ4n) is 2.56. The number of methoxy groups -OCH3 is 1. The molecule has 0 saturated heterocycles. The Hall–Kier alpha value is -1.93. The average molecular weight is 336 g/mol. The van der Waals surface area contributed by atoms with Crippen LogP contribution in [0.4, 0.5) is 5.95 Å². The third kappa shape index (κ3) is 3.23. The smallest absolute Gasteiger partial charge is 0.240 e. The first kappa shape index (κ1) is 15.9. The number of aromatic nitrogens is 3. The molecular weight excluding hydrogens is 316 g/mol. The van der Waals surface area contributed by atoms with Crippen LogP contribution < -0.4 is 4.31 Å². The molecule has 8 heteroatoms. The van der Waals surface area contributed by atoms with Crippen molar-refractivity contribution in [2.75, 3.05) is 23.7 Å². The van der Waals surface area contributed by atoms with E-state index in [-0.39, 0.29) is 11.9 Å². The van der Waals surface area contributed by atoms with Crippen LogP contribution in [0.1, 0.15) is 13.3 Å². The van der Waals surface area contributed by atoms with Gasteiger partial charge in [0.1, 0.15) is 0 Å². The number of fused-ring (bicyclic) bond motifs is 1. The van der Waals surface area contributed by atoms with Gasteiger partial charge in [-0.1, -0.05) is 30.3 Å². The Labute approximate surface area is 135 Å². The van der Waals surface area contributed by atoms with E-state index < -0.39 is 10.0 Å². The van der Waals surface area contributed by atoms with E-state index in [1.807, 2.05) is 30.3 Å². The van der Waals surface area contributed by atoms with Gasteiger partial charge in [0, 0.05) is 25.8 Å². The number of anilines is 1. The molecule has 1 aliphatic rings. The maximum absolute atomic E-state index is 12.6. The van der Waals surface area contributed by atoms with Gasteiger partial charge in [-0.3, -0.25) is 0 Å². The molecule has 0 N–H and O–H groups in total. The van der Waals surface area contributed by atoms with Gasteiger partial charge >= 0.3 is 0 Å². The summed E-state index contributed by atoms with van der Waals surface area (Å²) in [6, 6.07) is 9.55. The van der Waals surface area contributed by atoms with E-state index in [4.69, 9.17) is 4.74 Å². The minimum atomic E-state index is -3.49. The summed E-state index contributed by atoms with van der Waals surface area (Å²) in [5, 5.41) is 4.45. The molecule has 0 radical (unpaired) electrons. The molecule has 0 fully saturated rings. The Balaban J connectivity index is 1.95. The summed E-state index contributed by atoms with van der Waals surface area (Å²) in [5.41, 5.74) is 0.872. The van der Waals surface area contributed by atoms with Crippen molar-refractivity contribution in [1.29, 1.82) is 0 Å². The van der Waals surface area contributed by atoms with Crippen LogP contribution in [0.15, 0.2) is 30.3 Å². The summed E-state index contributed by atoms with van der Waals surface area (Å²) >= 11 is 0. The van der Waals surface area contributed by atoms with Crippen molar-refractivity contribution in [3.8, 4) is 11.4 Å². The van der Waals surface area contributed by atoms with Crippen molar-refractivity contribution in [2.45, 2.75) is 26.0 Å². The van der Waals surface area contributed by atoms with Crippen molar-refractivity contribution < 1.29 is 13.2 Å². The quantitative estimate of drug-likeness (QED) is 0.827. The molecule has 0 spiro atoms. The topological polar surface area (TPSA) is 77.3 Å². The molecule has 0 bridgehead atoms. The molecule has 0 saturated carbocycles. The molecule has 7 nitrogen and oxygen atoms in total. The van der Waals surface area contributed by atoms with E-state index in [0.29, 0.717) is 31.3 Å². The molecule has 1 atom stereocenters. The highest BCUT2D eigenvalue weighted by molar-refractivity contribution is 7.92. The van der Waals surface area contributed by atoms with Gasteiger partial charge in [-0.05, 0) is 13.3 Å². The summed E-state index contributed by atoms with van der Waals surface area (Å²) in [7, 11) is -1.99. The number of hydrogen-bond donors (Lipinski definition) is 0. The summed E-state index contributed by atoms with van der Waals surface area (Å²) in [4.78, 5) is 4.46. The van der Waals surface area contributed by atoms with Gasteiger partial charge in [0.25, 0.3) is 0 Å². The zero-order valence-electron chi connectivity index (χ0n) is 13.2. The van der Waals surface area contributed by atoms with E-state index in [9.17, 15) is 8.42 Å². The van der Waals surface area contributed by atoms with Crippen LogP contribution in [0.3, 0.4) is 0 Å². The Morgan fingerprint density at radius 3 is 2.70 bits per heavy atom. The maximum atomic E-state index is 12.6. The van der Waals surface area contributed by atoms with Crippen LogP contribution in [0.2, 0.25) is 0 Å². The second kappa shape index (κ2) is 6.29. The molecule has 1 aromatic carbocycles. The Morgan fingerprint density at radius 2 is 2.00 bits per heavy atom. The van der Waals surface area contributed by atoms with Crippen LogP contribution in [0.25, 0.3) is 11.4 Å². The van der Waals surface area contributed by atoms with Gasteiger partial charge < -0.3 is 4.74 Å². The first-order chi connectivity index (χ1) is 11.0. The zero-order valence-corrected chi connectivity index (χ0v) is 14.0. The van der Waals surface area contributed by atoms with Crippen molar-refractivity contribution in [3.05, 3.63) is 30.3 Å². The molecule has 1 aliphatic heterocycles. The van der Waals surface area contributed by atoms with Crippen molar-refractivity contribution in [2.24, 2.45) is 0 Å². The largest absolute Gasteiger partial charge is 0.381 e. The second-order valence-electron chi connectivity index (χ2n) is 5.58. The first-order valence-electron chi connectivity index (χ1n) is 7.55. The van der Waals surface area contributed by atoms with Gasteiger partial charge in [-0.15, -0.1) is 5.10 Å². The van der Waals surface area contributed by atoms with Crippen LogP contribution in [-0.2, 0) is 21.3 Å². The summed E-state index contributed by atoms with van der Waals surface area (Å²) in [6.07, 6.45) is 0.345. The average Bonchev–Trinajstić information content (AvgIpc) is 2.99. The predicted octanol–water partition coefficient (Wildman–Crippen LogP) is 1.52. The van der Waals surface area contributed by atoms with Gasteiger partial charge in [-0.25, -0.2) is 17.4 Å². The lowest BCUT2D eigenvalue weighted by atomic mass is 10.2. The minimum absolute atomic E-state index is 0.0724. The molecule has 2 heterocycles. The Kier molecular flexibility index (Phi) is 4.36. The molecule has 0 aliphatic carbocycles. The maximum Gasteiger partial charge on any atom is 0.240 e. The summed E-state index contributed by atoms with van der Waals surface area (Å²) in [6.45, 7) is 2.83. The fourth-order valence-corrected chi connectivity index (χ4v) is 4.26.